The maximum absolute atomic E-state index is 11.5. The topological polar surface area (TPSA) is 95.9 Å². The lowest BCUT2D eigenvalue weighted by molar-refractivity contribution is -0.142. The molecule has 23 heavy (non-hydrogen) atoms. The highest BCUT2D eigenvalue weighted by molar-refractivity contribution is 5.80. The quantitative estimate of drug-likeness (QED) is 0.574. The summed E-state index contributed by atoms with van der Waals surface area (Å²) in [6.45, 7) is 1.87. The van der Waals surface area contributed by atoms with E-state index in [0.717, 1.165) is 19.3 Å². The fraction of sp³-hybridized carbons (Fsp3) is 0.529. The molecule has 0 radical (unpaired) electrons. The Morgan fingerprint density at radius 2 is 1.87 bits per heavy atom. The summed E-state index contributed by atoms with van der Waals surface area (Å²) >= 11 is 0. The van der Waals surface area contributed by atoms with Gasteiger partial charge in [-0.25, -0.2) is 9.59 Å². The molecule has 0 saturated heterocycles. The molecule has 0 spiro atoms. The number of carbonyl (C=O) groups excluding carboxylic acids is 1. The molecule has 128 valence electrons. The normalized spacial score (nSPS) is 13.1. The summed E-state index contributed by atoms with van der Waals surface area (Å²) in [5.41, 5.74) is 1.28. The van der Waals surface area contributed by atoms with Crippen molar-refractivity contribution >= 4 is 12.1 Å². The molecule has 0 aliphatic carbocycles. The van der Waals surface area contributed by atoms with Crippen LogP contribution in [-0.4, -0.2) is 41.0 Å². The number of aryl methyl sites for hydroxylation is 1. The van der Waals surface area contributed by atoms with Crippen LogP contribution < -0.4 is 5.32 Å². The highest BCUT2D eigenvalue weighted by Crippen LogP contribution is 2.06. The molecule has 0 saturated carbocycles. The molecule has 1 aromatic rings. The third kappa shape index (κ3) is 7.65. The smallest absolute Gasteiger partial charge is 0.407 e. The summed E-state index contributed by atoms with van der Waals surface area (Å²) < 4.78 is 4.95. The number of carboxylic acids is 1. The number of ether oxygens (including phenoxy) is 1. The summed E-state index contributed by atoms with van der Waals surface area (Å²) in [7, 11) is 0. The van der Waals surface area contributed by atoms with Gasteiger partial charge in [-0.15, -0.1) is 0 Å². The fourth-order valence-electron chi connectivity index (χ4n) is 2.14. The van der Waals surface area contributed by atoms with E-state index >= 15 is 0 Å². The van der Waals surface area contributed by atoms with Crippen LogP contribution in [0.15, 0.2) is 30.3 Å². The number of aliphatic hydroxyl groups is 1. The van der Waals surface area contributed by atoms with Gasteiger partial charge in [0.05, 0.1) is 12.7 Å². The molecule has 1 amide bonds. The van der Waals surface area contributed by atoms with E-state index in [1.807, 2.05) is 18.2 Å². The van der Waals surface area contributed by atoms with Crippen LogP contribution >= 0.6 is 0 Å². The van der Waals surface area contributed by atoms with E-state index in [1.54, 1.807) is 6.92 Å². The van der Waals surface area contributed by atoms with E-state index in [2.05, 4.69) is 17.4 Å². The second-order valence-electron chi connectivity index (χ2n) is 5.37. The Balaban J connectivity index is 2.15. The third-order valence-corrected chi connectivity index (χ3v) is 3.53. The zero-order chi connectivity index (χ0) is 17.1. The van der Waals surface area contributed by atoms with Crippen molar-refractivity contribution < 1.29 is 24.5 Å². The van der Waals surface area contributed by atoms with Gasteiger partial charge in [0, 0.05) is 0 Å². The average Bonchev–Trinajstić information content (AvgIpc) is 2.55. The molecular formula is C17H25NO5. The van der Waals surface area contributed by atoms with Gasteiger partial charge in [-0.2, -0.15) is 0 Å². The number of unbranched alkanes of at least 4 members (excludes halogenated alkanes) is 2. The Kier molecular flexibility index (Phi) is 8.75. The van der Waals surface area contributed by atoms with Crippen molar-refractivity contribution in [3.8, 4) is 0 Å². The summed E-state index contributed by atoms with van der Waals surface area (Å²) in [5.74, 6) is -1.28. The number of nitrogens with one attached hydrogen (secondary N) is 1. The lowest BCUT2D eigenvalue weighted by atomic mass is 10.1. The number of aliphatic carboxylic acids is 1. The van der Waals surface area contributed by atoms with Crippen LogP contribution in [-0.2, 0) is 16.0 Å². The number of carbonyl (C=O) groups is 2. The van der Waals surface area contributed by atoms with Gasteiger partial charge >= 0.3 is 12.1 Å². The van der Waals surface area contributed by atoms with Gasteiger partial charge in [-0.1, -0.05) is 37.3 Å². The number of rotatable bonds is 10. The van der Waals surface area contributed by atoms with Crippen LogP contribution in [0.1, 0.15) is 38.2 Å². The molecular weight excluding hydrogens is 298 g/mol. The predicted molar refractivity (Wildman–Crippen MR) is 86.2 cm³/mol. The van der Waals surface area contributed by atoms with Crippen molar-refractivity contribution in [2.24, 2.45) is 0 Å². The molecule has 0 unspecified atom stereocenters. The molecule has 0 aromatic heterocycles. The third-order valence-electron chi connectivity index (χ3n) is 3.53. The summed E-state index contributed by atoms with van der Waals surface area (Å²) in [5, 5.41) is 20.7. The standard InChI is InChI=1S/C17H25NO5/c1-2-14(19)15(16(20)21)18-17(22)23-12-8-4-7-11-13-9-5-3-6-10-13/h3,5-6,9-10,14-15,19H,2,4,7-8,11-12H2,1H3,(H,18,22)(H,20,21)/t14-,15-/m1/s1. The van der Waals surface area contributed by atoms with E-state index in [9.17, 15) is 14.7 Å². The SMILES string of the molecule is CC[C@@H](O)[C@@H](NC(=O)OCCCCCc1ccccc1)C(=O)O. The first-order chi connectivity index (χ1) is 11.0. The van der Waals surface area contributed by atoms with Crippen molar-refractivity contribution in [1.82, 2.24) is 5.32 Å². The lowest BCUT2D eigenvalue weighted by Crippen LogP contribution is -2.48. The van der Waals surface area contributed by atoms with E-state index < -0.39 is 24.2 Å². The molecule has 0 bridgehead atoms. The van der Waals surface area contributed by atoms with Gasteiger partial charge in [-0.05, 0) is 37.7 Å². The largest absolute Gasteiger partial charge is 0.480 e. The van der Waals surface area contributed by atoms with E-state index in [4.69, 9.17) is 9.84 Å². The van der Waals surface area contributed by atoms with Crippen LogP contribution in [0.4, 0.5) is 4.79 Å². The van der Waals surface area contributed by atoms with E-state index in [1.165, 1.54) is 5.56 Å². The number of benzene rings is 1. The van der Waals surface area contributed by atoms with Gasteiger partial charge in [0.25, 0.3) is 0 Å². The van der Waals surface area contributed by atoms with Crippen LogP contribution in [0.2, 0.25) is 0 Å². The Morgan fingerprint density at radius 1 is 1.17 bits per heavy atom. The zero-order valence-corrected chi connectivity index (χ0v) is 13.4. The second kappa shape index (κ2) is 10.6. The number of hydrogen-bond acceptors (Lipinski definition) is 4. The van der Waals surface area contributed by atoms with Crippen molar-refractivity contribution in [3.63, 3.8) is 0 Å². The maximum atomic E-state index is 11.5. The summed E-state index contributed by atoms with van der Waals surface area (Å²) in [6.07, 6.45) is 1.91. The average molecular weight is 323 g/mol. The Hall–Kier alpha value is -2.08. The van der Waals surface area contributed by atoms with Crippen LogP contribution in [0.5, 0.6) is 0 Å². The second-order valence-corrected chi connectivity index (χ2v) is 5.37. The van der Waals surface area contributed by atoms with Crippen LogP contribution in [0, 0.1) is 0 Å². The first-order valence-electron chi connectivity index (χ1n) is 7.92. The van der Waals surface area contributed by atoms with Crippen LogP contribution in [0.25, 0.3) is 0 Å². The molecule has 0 heterocycles. The van der Waals surface area contributed by atoms with E-state index in [0.29, 0.717) is 6.42 Å². The number of aliphatic hydroxyl groups excluding tert-OH is 1. The molecule has 6 heteroatoms. The Labute approximate surface area is 136 Å². The highest BCUT2D eigenvalue weighted by Gasteiger charge is 2.27. The molecule has 2 atom stereocenters. The molecule has 0 aliphatic rings. The zero-order valence-electron chi connectivity index (χ0n) is 13.4. The minimum atomic E-state index is -1.34. The van der Waals surface area contributed by atoms with Crippen molar-refractivity contribution in [2.45, 2.75) is 51.2 Å². The minimum Gasteiger partial charge on any atom is -0.480 e. The number of carboxylic acid groups (broad SMARTS) is 1. The van der Waals surface area contributed by atoms with Gasteiger partial charge < -0.3 is 20.3 Å². The first-order valence-corrected chi connectivity index (χ1v) is 7.92. The maximum Gasteiger partial charge on any atom is 0.407 e. The summed E-state index contributed by atoms with van der Waals surface area (Å²) in [4.78, 5) is 22.5. The van der Waals surface area contributed by atoms with Crippen molar-refractivity contribution in [2.75, 3.05) is 6.61 Å². The first kappa shape index (κ1) is 19.0. The number of hydrogen-bond donors (Lipinski definition) is 3. The van der Waals surface area contributed by atoms with Gasteiger partial charge in [-0.3, -0.25) is 0 Å². The molecule has 1 aromatic carbocycles. The monoisotopic (exact) mass is 323 g/mol. The highest BCUT2D eigenvalue weighted by atomic mass is 16.5. The molecule has 0 fully saturated rings. The Bertz CT molecular complexity index is 477. The van der Waals surface area contributed by atoms with Gasteiger partial charge in [0.1, 0.15) is 0 Å². The predicted octanol–water partition coefficient (Wildman–Crippen LogP) is 2.35. The number of amides is 1. The Morgan fingerprint density at radius 3 is 2.48 bits per heavy atom. The minimum absolute atomic E-state index is 0.231. The summed E-state index contributed by atoms with van der Waals surface area (Å²) in [6, 6.07) is 8.81. The lowest BCUT2D eigenvalue weighted by Gasteiger charge is -2.18. The fourth-order valence-corrected chi connectivity index (χ4v) is 2.14. The van der Waals surface area contributed by atoms with Crippen LogP contribution in [0.3, 0.4) is 0 Å². The van der Waals surface area contributed by atoms with E-state index in [-0.39, 0.29) is 13.0 Å². The van der Waals surface area contributed by atoms with Crippen molar-refractivity contribution in [3.05, 3.63) is 35.9 Å². The molecule has 3 N–H and O–H groups in total. The molecule has 0 aliphatic heterocycles. The molecule has 1 rings (SSSR count). The van der Waals surface area contributed by atoms with Gasteiger partial charge in [0.2, 0.25) is 0 Å². The number of alkyl carbamates (subject to hydrolysis) is 1. The van der Waals surface area contributed by atoms with Crippen molar-refractivity contribution in [1.29, 1.82) is 0 Å². The van der Waals surface area contributed by atoms with Gasteiger partial charge in [0.15, 0.2) is 6.04 Å². The molecule has 6 nitrogen and oxygen atoms in total.